The number of nitrogens with one attached hydrogen (secondary N) is 2. The predicted octanol–water partition coefficient (Wildman–Crippen LogP) is 5.58. The molecular weight excluding hydrogens is 414 g/mol. The van der Waals surface area contributed by atoms with Gasteiger partial charge in [-0.3, -0.25) is 4.79 Å². The molecule has 5 rings (SSSR count). The number of amides is 1. The maximum Gasteiger partial charge on any atom is 0.225 e. The van der Waals surface area contributed by atoms with Gasteiger partial charge in [0.1, 0.15) is 0 Å². The first-order valence-electron chi connectivity index (χ1n) is 10.9. The Morgan fingerprint density at radius 1 is 0.969 bits per heavy atom. The van der Waals surface area contributed by atoms with Gasteiger partial charge in [0.2, 0.25) is 5.91 Å². The van der Waals surface area contributed by atoms with Crippen LogP contribution in [0.25, 0.3) is 21.7 Å². The van der Waals surface area contributed by atoms with E-state index < -0.39 is 0 Å². The van der Waals surface area contributed by atoms with Crippen molar-refractivity contribution in [2.75, 3.05) is 6.54 Å². The second-order valence-corrected chi connectivity index (χ2v) is 9.24. The topological polar surface area (TPSA) is 57.8 Å². The lowest BCUT2D eigenvalue weighted by molar-refractivity contribution is -0.120. The van der Waals surface area contributed by atoms with Gasteiger partial charge in [-0.1, -0.05) is 60.7 Å². The van der Waals surface area contributed by atoms with Gasteiger partial charge >= 0.3 is 0 Å². The zero-order valence-electron chi connectivity index (χ0n) is 18.0. The molecule has 32 heavy (non-hydrogen) atoms. The van der Waals surface area contributed by atoms with Crippen LogP contribution in [-0.4, -0.2) is 22.4 Å². The van der Waals surface area contributed by atoms with Gasteiger partial charge < -0.3 is 10.3 Å². The molecule has 5 aromatic rings. The molecule has 2 N–H and O–H groups in total. The third-order valence-corrected chi connectivity index (χ3v) is 7.03. The monoisotopic (exact) mass is 439 g/mol. The average Bonchev–Trinajstić information content (AvgIpc) is 3.37. The summed E-state index contributed by atoms with van der Waals surface area (Å²) < 4.78 is 0. The highest BCUT2D eigenvalue weighted by Gasteiger charge is 2.13. The van der Waals surface area contributed by atoms with E-state index in [1.54, 1.807) is 11.3 Å². The molecule has 160 valence electrons. The maximum atomic E-state index is 12.6. The normalized spacial score (nSPS) is 11.3. The number of hydrogen-bond acceptors (Lipinski definition) is 3. The van der Waals surface area contributed by atoms with Gasteiger partial charge in [-0.15, -0.1) is 11.3 Å². The second-order valence-electron chi connectivity index (χ2n) is 8.07. The van der Waals surface area contributed by atoms with Crippen LogP contribution < -0.4 is 5.32 Å². The number of para-hydroxylation sites is 1. The SMILES string of the molecule is Cc1nc(Cc2cccc3ccccc23)sc1CC(=O)NCCc1c[nH]c2ccccc12. The van der Waals surface area contributed by atoms with Crippen LogP contribution >= 0.6 is 11.3 Å². The van der Waals surface area contributed by atoms with Crippen LogP contribution in [0, 0.1) is 6.92 Å². The molecule has 1 amide bonds. The molecule has 0 spiro atoms. The number of carbonyl (C=O) groups is 1. The quantitative estimate of drug-likeness (QED) is 0.348. The molecule has 0 aliphatic rings. The van der Waals surface area contributed by atoms with Crippen LogP contribution in [-0.2, 0) is 24.1 Å². The highest BCUT2D eigenvalue weighted by molar-refractivity contribution is 7.11. The average molecular weight is 440 g/mol. The number of rotatable bonds is 7. The second kappa shape index (κ2) is 8.97. The molecule has 5 heteroatoms. The number of aryl methyl sites for hydroxylation is 1. The van der Waals surface area contributed by atoms with Gasteiger partial charge in [0.25, 0.3) is 0 Å². The molecule has 0 aliphatic carbocycles. The summed E-state index contributed by atoms with van der Waals surface area (Å²) in [5, 5.41) is 7.85. The Balaban J connectivity index is 1.21. The number of H-pyrrole nitrogens is 1. The van der Waals surface area contributed by atoms with E-state index in [9.17, 15) is 4.79 Å². The standard InChI is InChI=1S/C27H25N3OS/c1-18-25(16-26(31)28-14-13-21-17-29-24-12-5-4-11-23(21)24)32-27(30-18)15-20-9-6-8-19-7-2-3-10-22(19)20/h2-12,17,29H,13-16H2,1H3,(H,28,31). The van der Waals surface area contributed by atoms with Crippen molar-refractivity contribution in [3.8, 4) is 0 Å². The number of nitrogens with zero attached hydrogens (tertiary/aromatic N) is 1. The van der Waals surface area contributed by atoms with Crippen LogP contribution in [0.4, 0.5) is 0 Å². The number of aromatic amines is 1. The Kier molecular flexibility index (Phi) is 5.73. The van der Waals surface area contributed by atoms with Crippen molar-refractivity contribution in [1.29, 1.82) is 0 Å². The molecule has 0 saturated carbocycles. The molecule has 3 aromatic carbocycles. The van der Waals surface area contributed by atoms with Gasteiger partial charge in [0.15, 0.2) is 0 Å². The molecule has 0 fully saturated rings. The number of thiazole rings is 1. The van der Waals surface area contributed by atoms with E-state index in [1.807, 2.05) is 25.3 Å². The first-order valence-corrected chi connectivity index (χ1v) is 11.7. The van der Waals surface area contributed by atoms with Crippen molar-refractivity contribution in [2.45, 2.75) is 26.2 Å². The Morgan fingerprint density at radius 2 is 1.75 bits per heavy atom. The zero-order chi connectivity index (χ0) is 21.9. The number of hydrogen-bond donors (Lipinski definition) is 2. The van der Waals surface area contributed by atoms with Crippen LogP contribution in [0.1, 0.15) is 26.7 Å². The van der Waals surface area contributed by atoms with E-state index in [4.69, 9.17) is 4.98 Å². The summed E-state index contributed by atoms with van der Waals surface area (Å²) >= 11 is 1.65. The summed E-state index contributed by atoms with van der Waals surface area (Å²) in [5.41, 5.74) is 4.59. The van der Waals surface area contributed by atoms with Crippen molar-refractivity contribution in [2.24, 2.45) is 0 Å². The zero-order valence-corrected chi connectivity index (χ0v) is 18.8. The van der Waals surface area contributed by atoms with E-state index in [2.05, 4.69) is 64.9 Å². The Hall–Kier alpha value is -3.44. The van der Waals surface area contributed by atoms with Crippen LogP contribution in [0.15, 0.2) is 72.9 Å². The molecule has 2 heterocycles. The molecule has 0 aliphatic heterocycles. The highest BCUT2D eigenvalue weighted by atomic mass is 32.1. The largest absolute Gasteiger partial charge is 0.361 e. The van der Waals surface area contributed by atoms with Gasteiger partial charge in [-0.05, 0) is 41.3 Å². The Labute approximate surface area is 191 Å². The lowest BCUT2D eigenvalue weighted by Crippen LogP contribution is -2.27. The van der Waals surface area contributed by atoms with Gasteiger partial charge in [0, 0.05) is 34.9 Å². The lowest BCUT2D eigenvalue weighted by atomic mass is 10.0. The van der Waals surface area contributed by atoms with Crippen LogP contribution in [0.2, 0.25) is 0 Å². The molecule has 0 unspecified atom stereocenters. The summed E-state index contributed by atoms with van der Waals surface area (Å²) in [6.07, 6.45) is 4.01. The molecule has 0 atom stereocenters. The predicted molar refractivity (Wildman–Crippen MR) is 132 cm³/mol. The van der Waals surface area contributed by atoms with E-state index in [0.29, 0.717) is 13.0 Å². The van der Waals surface area contributed by atoms with Gasteiger partial charge in [-0.2, -0.15) is 0 Å². The smallest absolute Gasteiger partial charge is 0.225 e. The fourth-order valence-corrected chi connectivity index (χ4v) is 5.31. The molecular formula is C27H25N3OS. The summed E-state index contributed by atoms with van der Waals surface area (Å²) in [7, 11) is 0. The van der Waals surface area contributed by atoms with Gasteiger partial charge in [-0.25, -0.2) is 4.98 Å². The number of fused-ring (bicyclic) bond motifs is 2. The summed E-state index contributed by atoms with van der Waals surface area (Å²) in [4.78, 5) is 21.6. The van der Waals surface area contributed by atoms with Crippen LogP contribution in [0.5, 0.6) is 0 Å². The molecule has 4 nitrogen and oxygen atoms in total. The van der Waals surface area contributed by atoms with Crippen molar-refractivity contribution in [1.82, 2.24) is 15.3 Å². The first kappa shape index (κ1) is 20.5. The Bertz CT molecular complexity index is 1390. The number of aromatic nitrogens is 2. The third kappa shape index (κ3) is 4.30. The molecule has 2 aromatic heterocycles. The van der Waals surface area contributed by atoms with Crippen molar-refractivity contribution >= 4 is 38.9 Å². The minimum absolute atomic E-state index is 0.0494. The Morgan fingerprint density at radius 3 is 2.66 bits per heavy atom. The minimum atomic E-state index is 0.0494. The van der Waals surface area contributed by atoms with Crippen LogP contribution in [0.3, 0.4) is 0 Å². The highest BCUT2D eigenvalue weighted by Crippen LogP contribution is 2.25. The van der Waals surface area contributed by atoms with Gasteiger partial charge in [0.05, 0.1) is 17.1 Å². The first-order chi connectivity index (χ1) is 15.7. The van der Waals surface area contributed by atoms with E-state index in [-0.39, 0.29) is 5.91 Å². The summed E-state index contributed by atoms with van der Waals surface area (Å²) in [5.74, 6) is 0.0494. The molecule has 0 bridgehead atoms. The minimum Gasteiger partial charge on any atom is -0.361 e. The lowest BCUT2D eigenvalue weighted by Gasteiger charge is -2.05. The fraction of sp³-hybridized carbons (Fsp3) is 0.185. The van der Waals surface area contributed by atoms with E-state index in [1.165, 1.54) is 27.3 Å². The molecule has 0 radical (unpaired) electrons. The van der Waals surface area contributed by atoms with Crippen molar-refractivity contribution in [3.63, 3.8) is 0 Å². The van der Waals surface area contributed by atoms with E-state index in [0.717, 1.165) is 33.9 Å². The maximum absolute atomic E-state index is 12.6. The summed E-state index contributed by atoms with van der Waals surface area (Å²) in [6.45, 7) is 2.62. The fourth-order valence-electron chi connectivity index (χ4n) is 4.22. The summed E-state index contributed by atoms with van der Waals surface area (Å²) in [6, 6.07) is 23.1. The third-order valence-electron chi connectivity index (χ3n) is 5.87. The van der Waals surface area contributed by atoms with Crippen molar-refractivity contribution in [3.05, 3.63) is 99.6 Å². The molecule has 0 saturated heterocycles. The number of carbonyl (C=O) groups excluding carboxylic acids is 1. The van der Waals surface area contributed by atoms with E-state index >= 15 is 0 Å². The number of benzene rings is 3. The van der Waals surface area contributed by atoms with Crippen molar-refractivity contribution < 1.29 is 4.79 Å².